The first-order chi connectivity index (χ1) is 10.6. The molecule has 22 heavy (non-hydrogen) atoms. The third-order valence-corrected chi connectivity index (χ3v) is 5.26. The molecule has 2 saturated heterocycles. The summed E-state index contributed by atoms with van der Waals surface area (Å²) in [6.45, 7) is 7.50. The number of hydrogen-bond acceptors (Lipinski definition) is 3. The molecule has 2 fully saturated rings. The van der Waals surface area contributed by atoms with Crippen molar-refractivity contribution in [3.05, 3.63) is 18.0 Å². The van der Waals surface area contributed by atoms with Crippen LogP contribution in [-0.4, -0.2) is 51.7 Å². The summed E-state index contributed by atoms with van der Waals surface area (Å²) in [5, 5.41) is 4.44. The maximum atomic E-state index is 12.0. The van der Waals surface area contributed by atoms with Crippen LogP contribution in [0.4, 0.5) is 0 Å². The standard InChI is InChI=1S/C17H28N4O/c1-13(2)21-15(7-9-18-21)12-20-10-8-16-14(11-20)5-4-6-17(22)19(16)3/h7,9,13-14,16H,4-6,8,10-12H2,1-3H3/t14-,16-/m1/s1. The Kier molecular flexibility index (Phi) is 4.52. The van der Waals surface area contributed by atoms with Crippen LogP contribution in [0.25, 0.3) is 0 Å². The first-order valence-electron chi connectivity index (χ1n) is 8.56. The average Bonchev–Trinajstić information content (AvgIpc) is 2.89. The molecule has 2 atom stereocenters. The van der Waals surface area contributed by atoms with Gasteiger partial charge in [0.1, 0.15) is 0 Å². The smallest absolute Gasteiger partial charge is 0.222 e. The van der Waals surface area contributed by atoms with E-state index in [4.69, 9.17) is 0 Å². The van der Waals surface area contributed by atoms with Crippen molar-refractivity contribution in [1.82, 2.24) is 19.6 Å². The van der Waals surface area contributed by atoms with Crippen LogP contribution in [0.3, 0.4) is 0 Å². The lowest BCUT2D eigenvalue weighted by atomic mass is 9.88. The second kappa shape index (κ2) is 6.41. The van der Waals surface area contributed by atoms with Crippen LogP contribution in [0.5, 0.6) is 0 Å². The number of piperidine rings is 1. The van der Waals surface area contributed by atoms with Crippen LogP contribution in [0.15, 0.2) is 12.3 Å². The van der Waals surface area contributed by atoms with Crippen LogP contribution in [0.2, 0.25) is 0 Å². The molecule has 1 amide bonds. The largest absolute Gasteiger partial charge is 0.342 e. The summed E-state index contributed by atoms with van der Waals surface area (Å²) in [5.74, 6) is 0.958. The van der Waals surface area contributed by atoms with E-state index in [0.717, 1.165) is 38.9 Å². The Morgan fingerprint density at radius 1 is 1.36 bits per heavy atom. The van der Waals surface area contributed by atoms with Gasteiger partial charge >= 0.3 is 0 Å². The minimum Gasteiger partial charge on any atom is -0.342 e. The summed E-state index contributed by atoms with van der Waals surface area (Å²) >= 11 is 0. The van der Waals surface area contributed by atoms with Crippen LogP contribution in [0, 0.1) is 5.92 Å². The summed E-state index contributed by atoms with van der Waals surface area (Å²) < 4.78 is 2.12. The molecule has 0 unspecified atom stereocenters. The van der Waals surface area contributed by atoms with Gasteiger partial charge in [0.05, 0.1) is 5.69 Å². The maximum absolute atomic E-state index is 12.0. The maximum Gasteiger partial charge on any atom is 0.222 e. The zero-order chi connectivity index (χ0) is 15.7. The van der Waals surface area contributed by atoms with E-state index in [0.29, 0.717) is 23.9 Å². The second-order valence-corrected chi connectivity index (χ2v) is 7.11. The van der Waals surface area contributed by atoms with E-state index in [2.05, 4.69) is 34.6 Å². The molecule has 5 nitrogen and oxygen atoms in total. The van der Waals surface area contributed by atoms with Crippen molar-refractivity contribution >= 4 is 5.91 Å². The number of nitrogens with zero attached hydrogens (tertiary/aromatic N) is 4. The molecule has 2 aliphatic rings. The van der Waals surface area contributed by atoms with E-state index in [1.54, 1.807) is 0 Å². The van der Waals surface area contributed by atoms with Crippen molar-refractivity contribution in [2.75, 3.05) is 20.1 Å². The van der Waals surface area contributed by atoms with E-state index in [1.165, 1.54) is 12.1 Å². The molecule has 0 aromatic carbocycles. The molecule has 2 aliphatic heterocycles. The van der Waals surface area contributed by atoms with E-state index in [-0.39, 0.29) is 0 Å². The molecule has 0 saturated carbocycles. The Labute approximate surface area is 133 Å². The predicted octanol–water partition coefficient (Wildman–Crippen LogP) is 2.30. The monoisotopic (exact) mass is 304 g/mol. The topological polar surface area (TPSA) is 41.4 Å². The molecule has 122 valence electrons. The first-order valence-corrected chi connectivity index (χ1v) is 8.56. The number of amides is 1. The number of aromatic nitrogens is 2. The molecular weight excluding hydrogens is 276 g/mol. The van der Waals surface area contributed by atoms with Gasteiger partial charge in [0.2, 0.25) is 5.91 Å². The highest BCUT2D eigenvalue weighted by Gasteiger charge is 2.35. The van der Waals surface area contributed by atoms with Gasteiger partial charge in [-0.2, -0.15) is 5.10 Å². The molecule has 3 rings (SSSR count). The van der Waals surface area contributed by atoms with Crippen LogP contribution in [-0.2, 0) is 11.3 Å². The first kappa shape index (κ1) is 15.5. The minimum absolute atomic E-state index is 0.332. The minimum atomic E-state index is 0.332. The van der Waals surface area contributed by atoms with Crippen LogP contribution >= 0.6 is 0 Å². The van der Waals surface area contributed by atoms with Gasteiger partial charge in [-0.05, 0) is 45.1 Å². The van der Waals surface area contributed by atoms with Gasteiger partial charge in [-0.3, -0.25) is 14.4 Å². The van der Waals surface area contributed by atoms with Crippen molar-refractivity contribution in [1.29, 1.82) is 0 Å². The lowest BCUT2D eigenvalue weighted by Gasteiger charge is -2.41. The van der Waals surface area contributed by atoms with E-state index in [1.807, 2.05) is 18.1 Å². The highest BCUT2D eigenvalue weighted by Crippen LogP contribution is 2.30. The van der Waals surface area contributed by atoms with E-state index >= 15 is 0 Å². The van der Waals surface area contributed by atoms with Crippen molar-refractivity contribution in [3.8, 4) is 0 Å². The van der Waals surface area contributed by atoms with Crippen molar-refractivity contribution in [2.24, 2.45) is 5.92 Å². The van der Waals surface area contributed by atoms with Gasteiger partial charge in [-0.25, -0.2) is 0 Å². The van der Waals surface area contributed by atoms with Gasteiger partial charge in [0, 0.05) is 51.4 Å². The Balaban J connectivity index is 1.66. The summed E-state index contributed by atoms with van der Waals surface area (Å²) in [6.07, 6.45) is 5.95. The second-order valence-electron chi connectivity index (χ2n) is 7.11. The fourth-order valence-electron chi connectivity index (χ4n) is 4.07. The summed E-state index contributed by atoms with van der Waals surface area (Å²) in [4.78, 5) is 16.6. The van der Waals surface area contributed by atoms with E-state index < -0.39 is 0 Å². The zero-order valence-corrected chi connectivity index (χ0v) is 14.0. The lowest BCUT2D eigenvalue weighted by Crippen LogP contribution is -2.50. The van der Waals surface area contributed by atoms with Crippen molar-refractivity contribution in [3.63, 3.8) is 0 Å². The molecule has 0 aliphatic carbocycles. The van der Waals surface area contributed by atoms with Gasteiger partial charge in [-0.15, -0.1) is 0 Å². The quantitative estimate of drug-likeness (QED) is 0.860. The molecule has 3 heterocycles. The molecule has 0 N–H and O–H groups in total. The van der Waals surface area contributed by atoms with Crippen LogP contribution < -0.4 is 0 Å². The number of likely N-dealkylation sites (tertiary alicyclic amines) is 2. The third kappa shape index (κ3) is 3.05. The zero-order valence-electron chi connectivity index (χ0n) is 14.0. The van der Waals surface area contributed by atoms with Gasteiger partial charge in [-0.1, -0.05) is 0 Å². The van der Waals surface area contributed by atoms with Gasteiger partial charge in [0.15, 0.2) is 0 Å². The Hall–Kier alpha value is -1.36. The lowest BCUT2D eigenvalue weighted by molar-refractivity contribution is -0.132. The molecule has 5 heteroatoms. The van der Waals surface area contributed by atoms with Crippen LogP contribution in [0.1, 0.15) is 51.3 Å². The molecule has 0 radical (unpaired) electrons. The summed E-state index contributed by atoms with van der Waals surface area (Å²) in [5.41, 5.74) is 1.30. The van der Waals surface area contributed by atoms with Gasteiger partial charge in [0.25, 0.3) is 0 Å². The number of hydrogen-bond donors (Lipinski definition) is 0. The number of rotatable bonds is 3. The highest BCUT2D eigenvalue weighted by molar-refractivity contribution is 5.76. The summed E-state index contributed by atoms with van der Waals surface area (Å²) in [6, 6.07) is 2.99. The van der Waals surface area contributed by atoms with Crippen molar-refractivity contribution in [2.45, 2.75) is 58.2 Å². The average molecular weight is 304 g/mol. The molecule has 1 aromatic heterocycles. The van der Waals surface area contributed by atoms with Gasteiger partial charge < -0.3 is 4.90 Å². The Morgan fingerprint density at radius 2 is 2.18 bits per heavy atom. The number of fused-ring (bicyclic) bond motifs is 1. The Bertz CT molecular complexity index is 524. The normalized spacial score (nSPS) is 27.1. The summed E-state index contributed by atoms with van der Waals surface area (Å²) in [7, 11) is 1.99. The molecular formula is C17H28N4O. The molecule has 1 aromatic rings. The molecule has 0 bridgehead atoms. The highest BCUT2D eigenvalue weighted by atomic mass is 16.2. The predicted molar refractivity (Wildman–Crippen MR) is 86.4 cm³/mol. The third-order valence-electron chi connectivity index (χ3n) is 5.26. The van der Waals surface area contributed by atoms with Crippen molar-refractivity contribution < 1.29 is 4.79 Å². The SMILES string of the molecule is CC(C)n1nccc1CN1CC[C@@H]2[C@H](CCCC(=O)N2C)C1. The fraction of sp³-hybridized carbons (Fsp3) is 0.765. The number of carbonyl (C=O) groups is 1. The Morgan fingerprint density at radius 3 is 2.95 bits per heavy atom. The molecule has 0 spiro atoms. The number of carbonyl (C=O) groups excluding carboxylic acids is 1. The fourth-order valence-corrected chi connectivity index (χ4v) is 4.07. The van der Waals surface area contributed by atoms with E-state index in [9.17, 15) is 4.79 Å².